The standard InChI is InChI=1S/C16H16ClFN2O3/c1-8-3-10-4-13(19-5-11(10)14(17)15(8)18)20-16(21)23-12-7-22-6-9(12)2/h3-5,9,12H,6-7H2,1-2H3,(H,19,20,21)/t9-,12-/m0/s1. The zero-order valence-corrected chi connectivity index (χ0v) is 13.5. The van der Waals surface area contributed by atoms with Crippen molar-refractivity contribution in [1.29, 1.82) is 0 Å². The molecule has 2 atom stereocenters. The molecule has 0 bridgehead atoms. The van der Waals surface area contributed by atoms with Gasteiger partial charge in [0.05, 0.1) is 18.2 Å². The number of nitrogens with one attached hydrogen (secondary N) is 1. The van der Waals surface area contributed by atoms with Gasteiger partial charge >= 0.3 is 6.09 Å². The largest absolute Gasteiger partial charge is 0.443 e. The maximum absolute atomic E-state index is 13.8. The molecule has 3 rings (SSSR count). The number of aromatic nitrogens is 1. The SMILES string of the molecule is Cc1cc2cc(NC(=O)O[C@H]3COC[C@@H]3C)ncc2c(Cl)c1F. The van der Waals surface area contributed by atoms with E-state index in [2.05, 4.69) is 10.3 Å². The van der Waals surface area contributed by atoms with Crippen molar-refractivity contribution in [1.82, 2.24) is 4.98 Å². The number of hydrogen-bond donors (Lipinski definition) is 1. The van der Waals surface area contributed by atoms with Crippen molar-refractivity contribution in [2.75, 3.05) is 18.5 Å². The molecule has 1 N–H and O–H groups in total. The maximum Gasteiger partial charge on any atom is 0.413 e. The lowest BCUT2D eigenvalue weighted by Gasteiger charge is -2.15. The van der Waals surface area contributed by atoms with Gasteiger partial charge in [-0.15, -0.1) is 0 Å². The smallest absolute Gasteiger partial charge is 0.413 e. The third kappa shape index (κ3) is 3.23. The van der Waals surface area contributed by atoms with E-state index in [9.17, 15) is 9.18 Å². The van der Waals surface area contributed by atoms with E-state index in [4.69, 9.17) is 21.1 Å². The van der Waals surface area contributed by atoms with Gasteiger partial charge in [-0.3, -0.25) is 5.32 Å². The second-order valence-electron chi connectivity index (χ2n) is 5.70. The normalized spacial score (nSPS) is 20.7. The quantitative estimate of drug-likeness (QED) is 0.901. The number of hydrogen-bond acceptors (Lipinski definition) is 4. The van der Waals surface area contributed by atoms with Crippen molar-refractivity contribution in [3.8, 4) is 0 Å². The molecule has 122 valence electrons. The first kappa shape index (κ1) is 16.0. The third-order valence-corrected chi connectivity index (χ3v) is 4.24. The number of pyridine rings is 1. The van der Waals surface area contributed by atoms with Gasteiger partial charge in [0.15, 0.2) is 0 Å². The van der Waals surface area contributed by atoms with Crippen LogP contribution in [-0.4, -0.2) is 30.4 Å². The topological polar surface area (TPSA) is 60.5 Å². The summed E-state index contributed by atoms with van der Waals surface area (Å²) in [6.45, 7) is 4.56. The Balaban J connectivity index is 1.78. The highest BCUT2D eigenvalue weighted by molar-refractivity contribution is 6.35. The summed E-state index contributed by atoms with van der Waals surface area (Å²) in [6, 6.07) is 3.28. The van der Waals surface area contributed by atoms with Gasteiger partial charge in [-0.25, -0.2) is 14.2 Å². The number of ether oxygens (including phenoxy) is 2. The minimum Gasteiger partial charge on any atom is -0.443 e. The summed E-state index contributed by atoms with van der Waals surface area (Å²) >= 11 is 5.98. The molecule has 1 aromatic heterocycles. The van der Waals surface area contributed by atoms with Crippen LogP contribution in [0, 0.1) is 18.7 Å². The molecule has 1 saturated heterocycles. The van der Waals surface area contributed by atoms with Crippen molar-refractivity contribution in [3.63, 3.8) is 0 Å². The van der Waals surface area contributed by atoms with E-state index in [0.717, 1.165) is 0 Å². The highest BCUT2D eigenvalue weighted by Gasteiger charge is 2.28. The predicted molar refractivity (Wildman–Crippen MR) is 85.3 cm³/mol. The Morgan fingerprint density at radius 3 is 2.96 bits per heavy atom. The van der Waals surface area contributed by atoms with Crippen LogP contribution in [-0.2, 0) is 9.47 Å². The van der Waals surface area contributed by atoms with E-state index in [1.807, 2.05) is 6.92 Å². The molecule has 0 spiro atoms. The Kier molecular flexibility index (Phi) is 4.37. The van der Waals surface area contributed by atoms with Crippen LogP contribution < -0.4 is 5.32 Å². The number of benzene rings is 1. The molecule has 2 heterocycles. The number of carbonyl (C=O) groups is 1. The van der Waals surface area contributed by atoms with Gasteiger partial charge in [0.2, 0.25) is 0 Å². The summed E-state index contributed by atoms with van der Waals surface area (Å²) in [5.74, 6) is 0.0159. The average Bonchev–Trinajstić information content (AvgIpc) is 2.90. The average molecular weight is 339 g/mol. The second-order valence-corrected chi connectivity index (χ2v) is 6.07. The molecule has 0 aliphatic carbocycles. The fourth-order valence-electron chi connectivity index (χ4n) is 2.49. The van der Waals surface area contributed by atoms with Crippen LogP contribution in [0.3, 0.4) is 0 Å². The fraction of sp³-hybridized carbons (Fsp3) is 0.375. The molecule has 0 unspecified atom stereocenters. The van der Waals surface area contributed by atoms with E-state index >= 15 is 0 Å². The van der Waals surface area contributed by atoms with Crippen LogP contribution in [0.5, 0.6) is 0 Å². The van der Waals surface area contributed by atoms with E-state index in [0.29, 0.717) is 35.4 Å². The molecule has 1 aromatic carbocycles. The lowest BCUT2D eigenvalue weighted by molar-refractivity contribution is 0.0843. The van der Waals surface area contributed by atoms with Crippen molar-refractivity contribution in [2.24, 2.45) is 5.92 Å². The van der Waals surface area contributed by atoms with Crippen LogP contribution in [0.25, 0.3) is 10.8 Å². The maximum atomic E-state index is 13.8. The van der Waals surface area contributed by atoms with Gasteiger partial charge in [-0.05, 0) is 30.0 Å². The Labute approximate surface area is 137 Å². The Hall–Kier alpha value is -1.92. The number of rotatable bonds is 2. The monoisotopic (exact) mass is 338 g/mol. The molecule has 5 nitrogen and oxygen atoms in total. The van der Waals surface area contributed by atoms with Crippen molar-refractivity contribution in [3.05, 3.63) is 34.7 Å². The van der Waals surface area contributed by atoms with Gasteiger partial charge < -0.3 is 9.47 Å². The number of fused-ring (bicyclic) bond motifs is 1. The number of aryl methyl sites for hydroxylation is 1. The molecule has 1 fully saturated rings. The Morgan fingerprint density at radius 2 is 2.26 bits per heavy atom. The summed E-state index contributed by atoms with van der Waals surface area (Å²) < 4.78 is 24.3. The minimum absolute atomic E-state index is 0.0264. The van der Waals surface area contributed by atoms with Gasteiger partial charge in [0.1, 0.15) is 17.7 Å². The first-order valence-corrected chi connectivity index (χ1v) is 7.63. The molecule has 0 radical (unpaired) electrons. The number of carbonyl (C=O) groups excluding carboxylic acids is 1. The van der Waals surface area contributed by atoms with Crippen molar-refractivity contribution >= 4 is 34.3 Å². The highest BCUT2D eigenvalue weighted by Crippen LogP contribution is 2.29. The van der Waals surface area contributed by atoms with Crippen LogP contribution in [0.2, 0.25) is 5.02 Å². The van der Waals surface area contributed by atoms with Crippen molar-refractivity contribution < 1.29 is 18.7 Å². The third-order valence-electron chi connectivity index (χ3n) is 3.87. The molecular formula is C16H16ClFN2O3. The number of amides is 1. The molecule has 1 aliphatic rings. The summed E-state index contributed by atoms with van der Waals surface area (Å²) in [6.07, 6.45) is 0.572. The zero-order valence-electron chi connectivity index (χ0n) is 12.7. The second kappa shape index (κ2) is 6.29. The highest BCUT2D eigenvalue weighted by atomic mass is 35.5. The molecule has 1 aliphatic heterocycles. The predicted octanol–water partition coefficient (Wildman–Crippen LogP) is 3.92. The van der Waals surface area contributed by atoms with E-state index in [1.54, 1.807) is 19.1 Å². The zero-order chi connectivity index (χ0) is 16.6. The lowest BCUT2D eigenvalue weighted by Crippen LogP contribution is -2.27. The van der Waals surface area contributed by atoms with E-state index < -0.39 is 11.9 Å². The van der Waals surface area contributed by atoms with Crippen LogP contribution in [0.4, 0.5) is 15.0 Å². The van der Waals surface area contributed by atoms with E-state index in [-0.39, 0.29) is 17.0 Å². The molecule has 7 heteroatoms. The summed E-state index contributed by atoms with van der Waals surface area (Å²) in [4.78, 5) is 16.0. The lowest BCUT2D eigenvalue weighted by atomic mass is 10.1. The minimum atomic E-state index is -0.593. The molecular weight excluding hydrogens is 323 g/mol. The van der Waals surface area contributed by atoms with Gasteiger partial charge in [-0.1, -0.05) is 18.5 Å². The van der Waals surface area contributed by atoms with Gasteiger partial charge in [0, 0.05) is 17.5 Å². The summed E-state index contributed by atoms with van der Waals surface area (Å²) in [7, 11) is 0. The van der Waals surface area contributed by atoms with Crippen molar-refractivity contribution in [2.45, 2.75) is 20.0 Å². The van der Waals surface area contributed by atoms with Crippen LogP contribution >= 0.6 is 11.6 Å². The Morgan fingerprint density at radius 1 is 1.48 bits per heavy atom. The Bertz CT molecular complexity index is 769. The van der Waals surface area contributed by atoms with Crippen LogP contribution in [0.15, 0.2) is 18.3 Å². The fourth-order valence-corrected chi connectivity index (χ4v) is 2.80. The first-order valence-electron chi connectivity index (χ1n) is 7.25. The molecule has 23 heavy (non-hydrogen) atoms. The molecule has 2 aromatic rings. The van der Waals surface area contributed by atoms with Gasteiger partial charge in [-0.2, -0.15) is 0 Å². The number of anilines is 1. The summed E-state index contributed by atoms with van der Waals surface area (Å²) in [5, 5.41) is 3.78. The van der Waals surface area contributed by atoms with Gasteiger partial charge in [0.25, 0.3) is 0 Å². The molecule has 1 amide bonds. The number of halogens is 2. The van der Waals surface area contributed by atoms with E-state index in [1.165, 1.54) is 6.20 Å². The molecule has 0 saturated carbocycles. The first-order chi connectivity index (χ1) is 11.0. The number of nitrogens with zero attached hydrogens (tertiary/aromatic N) is 1. The summed E-state index contributed by atoms with van der Waals surface area (Å²) in [5.41, 5.74) is 0.430. The van der Waals surface area contributed by atoms with Crippen LogP contribution in [0.1, 0.15) is 12.5 Å².